The van der Waals surface area contributed by atoms with E-state index in [0.29, 0.717) is 5.69 Å². The summed E-state index contributed by atoms with van der Waals surface area (Å²) in [5.41, 5.74) is 0.290. The minimum atomic E-state index is -4.63. The van der Waals surface area contributed by atoms with Gasteiger partial charge in [0.05, 0.1) is 0 Å². The Morgan fingerprint density at radius 3 is 2.18 bits per heavy atom. The maximum Gasteiger partial charge on any atom is 0.397 e. The van der Waals surface area contributed by atoms with Crippen molar-refractivity contribution in [3.8, 4) is 0 Å². The average Bonchev–Trinajstić information content (AvgIpc) is 2.36. The third-order valence-corrected chi connectivity index (χ3v) is 2.74. The number of carbonyl (C=O) groups is 2. The first-order chi connectivity index (χ1) is 10.1. The molecule has 1 rings (SSSR count). The van der Waals surface area contributed by atoms with E-state index >= 15 is 0 Å². The number of hydrogen-bond donors (Lipinski definition) is 1. The molecule has 0 heterocycles. The summed E-state index contributed by atoms with van der Waals surface area (Å²) < 4.78 is 49.5. The van der Waals surface area contributed by atoms with Crippen molar-refractivity contribution in [2.75, 3.05) is 11.9 Å². The lowest BCUT2D eigenvalue weighted by atomic mass is 10.2. The van der Waals surface area contributed by atoms with Crippen LogP contribution < -0.4 is 5.32 Å². The lowest BCUT2D eigenvalue weighted by Crippen LogP contribution is -2.43. The van der Waals surface area contributed by atoms with Crippen LogP contribution in [-0.4, -0.2) is 35.5 Å². The summed E-state index contributed by atoms with van der Waals surface area (Å²) in [6.45, 7) is 2.52. The molecule has 0 aromatic heterocycles. The molecule has 8 heteroatoms. The fourth-order valence-corrected chi connectivity index (χ4v) is 1.72. The van der Waals surface area contributed by atoms with Crippen LogP contribution in [0.3, 0.4) is 0 Å². The fourth-order valence-electron chi connectivity index (χ4n) is 1.72. The van der Waals surface area contributed by atoms with E-state index < -0.39 is 42.8 Å². The molecule has 0 aliphatic heterocycles. The van der Waals surface area contributed by atoms with Crippen LogP contribution >= 0.6 is 0 Å². The number of rotatable bonds is 5. The molecular formula is C14H16F4N2O2. The Bertz CT molecular complexity index is 527. The highest BCUT2D eigenvalue weighted by atomic mass is 19.4. The van der Waals surface area contributed by atoms with Crippen LogP contribution in [0.25, 0.3) is 0 Å². The maximum absolute atomic E-state index is 12.7. The van der Waals surface area contributed by atoms with Crippen molar-refractivity contribution in [3.63, 3.8) is 0 Å². The van der Waals surface area contributed by atoms with Gasteiger partial charge in [-0.2, -0.15) is 13.2 Å². The van der Waals surface area contributed by atoms with E-state index in [-0.39, 0.29) is 0 Å². The first-order valence-electron chi connectivity index (χ1n) is 6.50. The van der Waals surface area contributed by atoms with Crippen LogP contribution in [0.2, 0.25) is 0 Å². The highest BCUT2D eigenvalue weighted by Crippen LogP contribution is 2.21. The first-order valence-corrected chi connectivity index (χ1v) is 6.50. The molecule has 2 amide bonds. The van der Waals surface area contributed by atoms with Crippen molar-refractivity contribution in [3.05, 3.63) is 30.1 Å². The van der Waals surface area contributed by atoms with Crippen molar-refractivity contribution < 1.29 is 27.2 Å². The van der Waals surface area contributed by atoms with Crippen LogP contribution in [0, 0.1) is 5.82 Å². The van der Waals surface area contributed by atoms with Crippen LogP contribution in [0.4, 0.5) is 23.2 Å². The Balaban J connectivity index is 2.68. The van der Waals surface area contributed by atoms with Gasteiger partial charge in [0.2, 0.25) is 11.8 Å². The van der Waals surface area contributed by atoms with E-state index in [2.05, 4.69) is 5.32 Å². The summed E-state index contributed by atoms with van der Waals surface area (Å²) in [5.74, 6) is -2.31. The number of halogens is 4. The molecule has 0 saturated heterocycles. The zero-order chi connectivity index (χ0) is 16.9. The standard InChI is InChI=1S/C14H16F4N2O2/c1-9(2)20(13(22)7-14(16,17)18)8-12(21)19-11-5-3-10(15)4-6-11/h3-6,9H,7-8H2,1-2H3,(H,19,21). The normalized spacial score (nSPS) is 11.4. The van der Waals surface area contributed by atoms with Gasteiger partial charge < -0.3 is 10.2 Å². The van der Waals surface area contributed by atoms with Gasteiger partial charge in [-0.25, -0.2) is 4.39 Å². The molecule has 0 fully saturated rings. The summed E-state index contributed by atoms with van der Waals surface area (Å²) in [6.07, 6.45) is -6.24. The highest BCUT2D eigenvalue weighted by molar-refractivity contribution is 5.94. The van der Waals surface area contributed by atoms with Crippen molar-refractivity contribution in [1.29, 1.82) is 0 Å². The molecule has 0 aliphatic rings. The molecule has 0 saturated carbocycles. The molecule has 122 valence electrons. The fraction of sp³-hybridized carbons (Fsp3) is 0.429. The van der Waals surface area contributed by atoms with E-state index in [1.165, 1.54) is 26.0 Å². The summed E-state index contributed by atoms with van der Waals surface area (Å²) in [7, 11) is 0. The van der Waals surface area contributed by atoms with Crippen LogP contribution in [0.5, 0.6) is 0 Å². The van der Waals surface area contributed by atoms with Crippen molar-refractivity contribution in [2.24, 2.45) is 0 Å². The second-order valence-corrected chi connectivity index (χ2v) is 4.96. The topological polar surface area (TPSA) is 49.4 Å². The average molecular weight is 320 g/mol. The van der Waals surface area contributed by atoms with Gasteiger partial charge in [-0.3, -0.25) is 9.59 Å². The quantitative estimate of drug-likeness (QED) is 0.848. The lowest BCUT2D eigenvalue weighted by Gasteiger charge is -2.26. The van der Waals surface area contributed by atoms with Gasteiger partial charge in [-0.1, -0.05) is 0 Å². The Morgan fingerprint density at radius 2 is 1.73 bits per heavy atom. The summed E-state index contributed by atoms with van der Waals surface area (Å²) in [4.78, 5) is 24.3. The maximum atomic E-state index is 12.7. The van der Waals surface area contributed by atoms with Crippen LogP contribution in [-0.2, 0) is 9.59 Å². The predicted octanol–water partition coefficient (Wildman–Crippen LogP) is 2.95. The number of amides is 2. The van der Waals surface area contributed by atoms with Crippen molar-refractivity contribution in [1.82, 2.24) is 4.90 Å². The van der Waals surface area contributed by atoms with Gasteiger partial charge in [-0.05, 0) is 38.1 Å². The van der Waals surface area contributed by atoms with Crippen LogP contribution in [0.15, 0.2) is 24.3 Å². The molecule has 1 aromatic rings. The zero-order valence-electron chi connectivity index (χ0n) is 12.1. The smallest absolute Gasteiger partial charge is 0.331 e. The molecule has 22 heavy (non-hydrogen) atoms. The van der Waals surface area contributed by atoms with E-state index in [1.54, 1.807) is 0 Å². The molecule has 0 aliphatic carbocycles. The molecule has 1 aromatic carbocycles. The third-order valence-electron chi connectivity index (χ3n) is 2.74. The second kappa shape index (κ2) is 7.24. The Kier molecular flexibility index (Phi) is 5.90. The molecule has 0 bridgehead atoms. The highest BCUT2D eigenvalue weighted by Gasteiger charge is 2.34. The molecule has 0 spiro atoms. The Labute approximate surface area is 125 Å². The van der Waals surface area contributed by atoms with Gasteiger partial charge >= 0.3 is 6.18 Å². The Morgan fingerprint density at radius 1 is 1.18 bits per heavy atom. The number of anilines is 1. The number of alkyl halides is 3. The number of nitrogens with zero attached hydrogens (tertiary/aromatic N) is 1. The molecular weight excluding hydrogens is 304 g/mol. The van der Waals surface area contributed by atoms with E-state index in [0.717, 1.165) is 17.0 Å². The first kappa shape index (κ1) is 17.9. The number of carbonyl (C=O) groups excluding carboxylic acids is 2. The molecule has 0 atom stereocenters. The van der Waals surface area contributed by atoms with E-state index in [4.69, 9.17) is 0 Å². The minimum Gasteiger partial charge on any atom is -0.331 e. The van der Waals surface area contributed by atoms with Gasteiger partial charge in [-0.15, -0.1) is 0 Å². The van der Waals surface area contributed by atoms with Crippen molar-refractivity contribution >= 4 is 17.5 Å². The van der Waals surface area contributed by atoms with Crippen molar-refractivity contribution in [2.45, 2.75) is 32.5 Å². The monoisotopic (exact) mass is 320 g/mol. The summed E-state index contributed by atoms with van der Waals surface area (Å²) >= 11 is 0. The lowest BCUT2D eigenvalue weighted by molar-refractivity contribution is -0.163. The SMILES string of the molecule is CC(C)N(CC(=O)Nc1ccc(F)cc1)C(=O)CC(F)(F)F. The van der Waals surface area contributed by atoms with E-state index in [9.17, 15) is 27.2 Å². The number of benzene rings is 1. The van der Waals surface area contributed by atoms with Gasteiger partial charge in [0, 0.05) is 11.7 Å². The third kappa shape index (κ3) is 6.11. The van der Waals surface area contributed by atoms with Gasteiger partial charge in [0.1, 0.15) is 18.8 Å². The van der Waals surface area contributed by atoms with Gasteiger partial charge in [0.15, 0.2) is 0 Å². The molecule has 4 nitrogen and oxygen atoms in total. The second-order valence-electron chi connectivity index (χ2n) is 4.96. The predicted molar refractivity (Wildman–Crippen MR) is 72.6 cm³/mol. The number of nitrogens with one attached hydrogen (secondary N) is 1. The zero-order valence-corrected chi connectivity index (χ0v) is 12.1. The summed E-state index contributed by atoms with van der Waals surface area (Å²) in [5, 5.41) is 2.39. The molecule has 0 radical (unpaired) electrons. The van der Waals surface area contributed by atoms with Crippen LogP contribution in [0.1, 0.15) is 20.3 Å². The largest absolute Gasteiger partial charge is 0.397 e. The minimum absolute atomic E-state index is 0.290. The molecule has 1 N–H and O–H groups in total. The number of hydrogen-bond acceptors (Lipinski definition) is 2. The van der Waals surface area contributed by atoms with E-state index in [1.807, 2.05) is 0 Å². The molecule has 0 unspecified atom stereocenters. The van der Waals surface area contributed by atoms with Gasteiger partial charge in [0.25, 0.3) is 0 Å². The Hall–Kier alpha value is -2.12. The summed E-state index contributed by atoms with van der Waals surface area (Å²) in [6, 6.07) is 4.32.